The minimum absolute atomic E-state index is 0.297. The molecule has 1 aliphatic heterocycles. The molecule has 3 heteroatoms. The number of para-hydroxylation sites is 1. The van der Waals surface area contributed by atoms with E-state index < -0.39 is 0 Å². The third kappa shape index (κ3) is 2.13. The van der Waals surface area contributed by atoms with Crippen LogP contribution in [0.3, 0.4) is 0 Å². The molecule has 1 unspecified atom stereocenters. The van der Waals surface area contributed by atoms with E-state index in [1.807, 2.05) is 24.3 Å². The summed E-state index contributed by atoms with van der Waals surface area (Å²) >= 11 is 0. The maximum Gasteiger partial charge on any atom is 0.133 e. The Morgan fingerprint density at radius 1 is 1.16 bits per heavy atom. The lowest BCUT2D eigenvalue weighted by atomic mass is 9.97. The zero-order chi connectivity index (χ0) is 13.2. The number of halogens is 1. The van der Waals surface area contributed by atoms with Crippen LogP contribution in [0.2, 0.25) is 0 Å². The Labute approximate surface area is 111 Å². The molecule has 19 heavy (non-hydrogen) atoms. The van der Waals surface area contributed by atoms with Gasteiger partial charge in [-0.1, -0.05) is 24.3 Å². The van der Waals surface area contributed by atoms with Gasteiger partial charge in [0.25, 0.3) is 0 Å². The van der Waals surface area contributed by atoms with Crippen molar-refractivity contribution in [2.24, 2.45) is 0 Å². The average Bonchev–Trinajstić information content (AvgIpc) is 2.44. The Balaban J connectivity index is 2.10. The number of hydrogen-bond donors (Lipinski definition) is 0. The minimum atomic E-state index is -0.325. The minimum Gasteiger partial charge on any atom is -0.457 e. The predicted octanol–water partition coefficient (Wildman–Crippen LogP) is 4.22. The molecule has 3 rings (SSSR count). The number of ether oxygens (including phenoxy) is 2. The second-order valence-corrected chi connectivity index (χ2v) is 4.32. The van der Waals surface area contributed by atoms with Gasteiger partial charge in [0.1, 0.15) is 23.4 Å². The van der Waals surface area contributed by atoms with Crippen molar-refractivity contribution in [1.82, 2.24) is 0 Å². The van der Waals surface area contributed by atoms with Crippen LogP contribution in [-0.2, 0) is 4.74 Å². The Morgan fingerprint density at radius 2 is 1.95 bits per heavy atom. The summed E-state index contributed by atoms with van der Waals surface area (Å²) in [5.74, 6) is 1.08. The molecule has 2 nitrogen and oxygen atoms in total. The van der Waals surface area contributed by atoms with Crippen molar-refractivity contribution >= 4 is 0 Å². The van der Waals surface area contributed by atoms with Gasteiger partial charge in [0.15, 0.2) is 0 Å². The molecule has 0 radical (unpaired) electrons. The van der Waals surface area contributed by atoms with E-state index in [4.69, 9.17) is 9.47 Å². The van der Waals surface area contributed by atoms with Crippen LogP contribution in [0.15, 0.2) is 55.1 Å². The molecule has 1 atom stereocenters. The first-order chi connectivity index (χ1) is 9.29. The Morgan fingerprint density at radius 3 is 2.79 bits per heavy atom. The molecule has 0 bridgehead atoms. The largest absolute Gasteiger partial charge is 0.457 e. The molecule has 0 fully saturated rings. The fraction of sp³-hybridized carbons (Fsp3) is 0.125. The Hall–Kier alpha value is -2.13. The molecule has 0 saturated carbocycles. The van der Waals surface area contributed by atoms with Gasteiger partial charge >= 0.3 is 0 Å². The summed E-state index contributed by atoms with van der Waals surface area (Å²) in [6.07, 6.45) is 1.35. The maximum absolute atomic E-state index is 13.4. The van der Waals surface area contributed by atoms with Gasteiger partial charge in [-0.2, -0.15) is 0 Å². The van der Waals surface area contributed by atoms with E-state index in [9.17, 15) is 4.39 Å². The molecule has 0 spiro atoms. The van der Waals surface area contributed by atoms with Gasteiger partial charge < -0.3 is 9.47 Å². The molecule has 2 aromatic carbocycles. The van der Waals surface area contributed by atoms with Crippen LogP contribution in [0.4, 0.5) is 4.39 Å². The fourth-order valence-electron chi connectivity index (χ4n) is 2.24. The topological polar surface area (TPSA) is 18.5 Å². The maximum atomic E-state index is 13.4. The second-order valence-electron chi connectivity index (χ2n) is 4.32. The van der Waals surface area contributed by atoms with Crippen LogP contribution >= 0.6 is 0 Å². The zero-order valence-electron chi connectivity index (χ0n) is 10.3. The molecule has 96 valence electrons. The smallest absolute Gasteiger partial charge is 0.133 e. The molecule has 2 aromatic rings. The van der Waals surface area contributed by atoms with Crippen LogP contribution in [0, 0.1) is 5.82 Å². The number of hydrogen-bond acceptors (Lipinski definition) is 2. The lowest BCUT2D eigenvalue weighted by Gasteiger charge is -2.27. The molecule has 0 N–H and O–H groups in total. The first-order valence-electron chi connectivity index (χ1n) is 6.08. The summed E-state index contributed by atoms with van der Waals surface area (Å²) in [5, 5.41) is 0. The van der Waals surface area contributed by atoms with E-state index in [1.165, 1.54) is 12.1 Å². The van der Waals surface area contributed by atoms with E-state index in [0.29, 0.717) is 17.9 Å². The van der Waals surface area contributed by atoms with Gasteiger partial charge in [-0.05, 0) is 24.3 Å². The van der Waals surface area contributed by atoms with Gasteiger partial charge in [-0.15, -0.1) is 6.58 Å². The third-order valence-corrected chi connectivity index (χ3v) is 3.06. The molecule has 0 amide bonds. The molecular formula is C16H13FO2. The highest BCUT2D eigenvalue weighted by atomic mass is 19.1. The lowest BCUT2D eigenvalue weighted by molar-refractivity contribution is 0.0959. The lowest BCUT2D eigenvalue weighted by Crippen LogP contribution is -2.13. The van der Waals surface area contributed by atoms with E-state index >= 15 is 0 Å². The number of benzene rings is 2. The number of fused-ring (bicyclic) bond motifs is 2. The predicted molar refractivity (Wildman–Crippen MR) is 70.9 cm³/mol. The van der Waals surface area contributed by atoms with Crippen LogP contribution in [0.5, 0.6) is 11.5 Å². The van der Waals surface area contributed by atoms with Gasteiger partial charge in [0.05, 0.1) is 6.61 Å². The first-order valence-corrected chi connectivity index (χ1v) is 6.08. The highest BCUT2D eigenvalue weighted by Crippen LogP contribution is 2.44. The van der Waals surface area contributed by atoms with E-state index in [0.717, 1.165) is 11.3 Å². The summed E-state index contributed by atoms with van der Waals surface area (Å²) in [6, 6.07) is 12.1. The van der Waals surface area contributed by atoms with Gasteiger partial charge in [0, 0.05) is 11.1 Å². The Kier molecular flexibility index (Phi) is 3.05. The first kappa shape index (κ1) is 11.9. The van der Waals surface area contributed by atoms with Crippen molar-refractivity contribution in [2.75, 3.05) is 6.61 Å². The highest BCUT2D eigenvalue weighted by Gasteiger charge is 2.27. The molecular weight excluding hydrogens is 243 g/mol. The van der Waals surface area contributed by atoms with E-state index in [-0.39, 0.29) is 11.9 Å². The average molecular weight is 256 g/mol. The molecule has 0 aliphatic carbocycles. The second kappa shape index (κ2) is 4.86. The summed E-state index contributed by atoms with van der Waals surface area (Å²) in [5.41, 5.74) is 1.61. The summed E-state index contributed by atoms with van der Waals surface area (Å²) in [4.78, 5) is 0. The number of rotatable bonds is 3. The zero-order valence-corrected chi connectivity index (χ0v) is 10.3. The van der Waals surface area contributed by atoms with Crippen molar-refractivity contribution in [1.29, 1.82) is 0 Å². The summed E-state index contributed by atoms with van der Waals surface area (Å²) < 4.78 is 25.0. The molecule has 1 aliphatic rings. The van der Waals surface area contributed by atoms with Gasteiger partial charge in [-0.25, -0.2) is 4.39 Å². The third-order valence-electron chi connectivity index (χ3n) is 3.06. The monoisotopic (exact) mass is 256 g/mol. The van der Waals surface area contributed by atoms with Crippen molar-refractivity contribution in [3.05, 3.63) is 72.1 Å². The van der Waals surface area contributed by atoms with Crippen LogP contribution in [-0.4, -0.2) is 6.61 Å². The molecule has 1 heterocycles. The summed E-state index contributed by atoms with van der Waals surface area (Å²) in [6.45, 7) is 4.04. The van der Waals surface area contributed by atoms with Crippen molar-refractivity contribution in [3.8, 4) is 11.5 Å². The highest BCUT2D eigenvalue weighted by molar-refractivity contribution is 5.52. The summed E-state index contributed by atoms with van der Waals surface area (Å²) in [7, 11) is 0. The molecule has 0 aromatic heterocycles. The van der Waals surface area contributed by atoms with Crippen LogP contribution in [0.1, 0.15) is 17.2 Å². The van der Waals surface area contributed by atoms with Crippen molar-refractivity contribution in [3.63, 3.8) is 0 Å². The fourth-order valence-corrected chi connectivity index (χ4v) is 2.24. The van der Waals surface area contributed by atoms with E-state index in [1.54, 1.807) is 12.1 Å². The Bertz CT molecular complexity index is 622. The molecule has 0 saturated heterocycles. The van der Waals surface area contributed by atoms with Crippen molar-refractivity contribution < 1.29 is 13.9 Å². The van der Waals surface area contributed by atoms with Crippen LogP contribution in [0.25, 0.3) is 0 Å². The standard InChI is InChI=1S/C16H13FO2/c1-2-9-18-16-12-5-3-4-6-14(12)19-15-8-7-11(17)10-13(15)16/h2-8,10,16H,1,9H2. The quantitative estimate of drug-likeness (QED) is 0.765. The van der Waals surface area contributed by atoms with Crippen molar-refractivity contribution in [2.45, 2.75) is 6.10 Å². The normalized spacial score (nSPS) is 16.2. The SMILES string of the molecule is C=CCOC1c2ccccc2Oc2ccc(F)cc21. The van der Waals surface area contributed by atoms with Crippen LogP contribution < -0.4 is 4.74 Å². The van der Waals surface area contributed by atoms with Gasteiger partial charge in [-0.3, -0.25) is 0 Å². The van der Waals surface area contributed by atoms with Gasteiger partial charge in [0.2, 0.25) is 0 Å². The van der Waals surface area contributed by atoms with E-state index in [2.05, 4.69) is 6.58 Å².